The molecule has 1 aromatic carbocycles. The van der Waals surface area contributed by atoms with Crippen molar-refractivity contribution >= 4 is 17.6 Å². The van der Waals surface area contributed by atoms with Crippen LogP contribution in [0.25, 0.3) is 0 Å². The molecular weight excluding hydrogens is 272 g/mol. The topological polar surface area (TPSA) is 76.7 Å². The molecule has 2 rings (SSSR count). The van der Waals surface area contributed by atoms with Crippen LogP contribution in [0.4, 0.5) is 5.69 Å². The quantitative estimate of drug-likeness (QED) is 0.773. The first-order valence-corrected chi connectivity index (χ1v) is 7.03. The number of amides is 1. The van der Waals surface area contributed by atoms with Gasteiger partial charge in [0, 0.05) is 5.69 Å². The number of anilines is 1. The van der Waals surface area contributed by atoms with E-state index in [0.717, 1.165) is 25.1 Å². The van der Waals surface area contributed by atoms with Crippen molar-refractivity contribution < 1.29 is 19.1 Å². The molecule has 1 atom stereocenters. The summed E-state index contributed by atoms with van der Waals surface area (Å²) in [6.07, 6.45) is 2.12. The third kappa shape index (κ3) is 4.75. The predicted octanol–water partition coefficient (Wildman–Crippen LogP) is 1.32. The van der Waals surface area contributed by atoms with Crippen LogP contribution in [0.15, 0.2) is 24.3 Å². The van der Waals surface area contributed by atoms with Crippen LogP contribution in [-0.2, 0) is 14.3 Å². The first-order valence-electron chi connectivity index (χ1n) is 7.03. The molecule has 6 heteroatoms. The zero-order valence-corrected chi connectivity index (χ0v) is 12.1. The van der Waals surface area contributed by atoms with Crippen molar-refractivity contribution in [1.82, 2.24) is 5.32 Å². The molecule has 6 nitrogen and oxygen atoms in total. The zero-order valence-electron chi connectivity index (χ0n) is 12.1. The molecule has 1 heterocycles. The van der Waals surface area contributed by atoms with Crippen molar-refractivity contribution in [2.45, 2.75) is 25.3 Å². The summed E-state index contributed by atoms with van der Waals surface area (Å²) in [7, 11) is 1.35. The fourth-order valence-electron chi connectivity index (χ4n) is 2.13. The molecule has 1 aromatic rings. The summed E-state index contributed by atoms with van der Waals surface area (Å²) in [4.78, 5) is 22.9. The summed E-state index contributed by atoms with van der Waals surface area (Å²) in [6, 6.07) is 6.98. The van der Waals surface area contributed by atoms with E-state index in [1.165, 1.54) is 7.11 Å². The number of carbonyl (C=O) groups is 2. The van der Waals surface area contributed by atoms with Crippen LogP contribution >= 0.6 is 0 Å². The Morgan fingerprint density at radius 3 is 2.71 bits per heavy atom. The predicted molar refractivity (Wildman–Crippen MR) is 78.2 cm³/mol. The number of hydrogen-bond acceptors (Lipinski definition) is 5. The van der Waals surface area contributed by atoms with Crippen molar-refractivity contribution in [2.24, 2.45) is 0 Å². The van der Waals surface area contributed by atoms with E-state index < -0.39 is 0 Å². The van der Waals surface area contributed by atoms with Crippen molar-refractivity contribution in [2.75, 3.05) is 25.6 Å². The van der Waals surface area contributed by atoms with Crippen molar-refractivity contribution in [3.63, 3.8) is 0 Å². The van der Waals surface area contributed by atoms with Gasteiger partial charge in [0.05, 0.1) is 26.2 Å². The van der Waals surface area contributed by atoms with Gasteiger partial charge in [0.25, 0.3) is 0 Å². The number of ether oxygens (including phenoxy) is 2. The Balaban J connectivity index is 1.78. The highest BCUT2D eigenvalue weighted by Crippen LogP contribution is 2.17. The lowest BCUT2D eigenvalue weighted by Crippen LogP contribution is -2.35. The van der Waals surface area contributed by atoms with Crippen molar-refractivity contribution in [3.8, 4) is 5.75 Å². The maximum Gasteiger partial charge on any atom is 0.308 e. The maximum atomic E-state index is 11.9. The van der Waals surface area contributed by atoms with Crippen LogP contribution < -0.4 is 15.4 Å². The minimum atomic E-state index is -0.303. The van der Waals surface area contributed by atoms with Gasteiger partial charge in [-0.05, 0) is 43.7 Å². The Labute approximate surface area is 123 Å². The van der Waals surface area contributed by atoms with E-state index in [1.54, 1.807) is 24.3 Å². The Kier molecular flexibility index (Phi) is 5.57. The van der Waals surface area contributed by atoms with E-state index in [9.17, 15) is 9.59 Å². The van der Waals surface area contributed by atoms with Crippen LogP contribution in [0.2, 0.25) is 0 Å². The van der Waals surface area contributed by atoms with Gasteiger partial charge in [0.15, 0.2) is 0 Å². The second-order valence-electron chi connectivity index (χ2n) is 4.84. The van der Waals surface area contributed by atoms with Gasteiger partial charge in [-0.1, -0.05) is 0 Å². The molecule has 0 spiro atoms. The Hall–Kier alpha value is -2.08. The standard InChI is InChI=1S/C15H20N2O4/c1-20-14(18)8-10-21-12-6-4-11(5-7-12)17-15(19)13-3-2-9-16-13/h4-7,13,16H,2-3,8-10H2,1H3,(H,17,19). The molecule has 0 aromatic heterocycles. The molecule has 1 fully saturated rings. The van der Waals surface area contributed by atoms with E-state index in [0.29, 0.717) is 5.75 Å². The SMILES string of the molecule is COC(=O)CCOc1ccc(NC(=O)C2CCCN2)cc1. The molecular formula is C15H20N2O4. The summed E-state index contributed by atoms with van der Waals surface area (Å²) in [6.45, 7) is 1.16. The summed E-state index contributed by atoms with van der Waals surface area (Å²) < 4.78 is 9.94. The normalized spacial score (nSPS) is 17.3. The highest BCUT2D eigenvalue weighted by molar-refractivity contribution is 5.95. The fourth-order valence-corrected chi connectivity index (χ4v) is 2.13. The number of benzene rings is 1. The second kappa shape index (κ2) is 7.64. The van der Waals surface area contributed by atoms with E-state index >= 15 is 0 Å². The smallest absolute Gasteiger partial charge is 0.308 e. The molecule has 1 aliphatic rings. The Morgan fingerprint density at radius 1 is 1.33 bits per heavy atom. The lowest BCUT2D eigenvalue weighted by Gasteiger charge is -2.11. The molecule has 1 unspecified atom stereocenters. The number of carbonyl (C=O) groups excluding carboxylic acids is 2. The van der Waals surface area contributed by atoms with E-state index in [4.69, 9.17) is 4.74 Å². The zero-order chi connectivity index (χ0) is 15.1. The third-order valence-corrected chi connectivity index (χ3v) is 3.30. The molecule has 0 aliphatic carbocycles. The van der Waals surface area contributed by atoms with Gasteiger partial charge in [-0.3, -0.25) is 9.59 Å². The van der Waals surface area contributed by atoms with E-state index in [2.05, 4.69) is 15.4 Å². The fraction of sp³-hybridized carbons (Fsp3) is 0.467. The van der Waals surface area contributed by atoms with Crippen molar-refractivity contribution in [3.05, 3.63) is 24.3 Å². The third-order valence-electron chi connectivity index (χ3n) is 3.30. The lowest BCUT2D eigenvalue weighted by atomic mass is 10.2. The van der Waals surface area contributed by atoms with Gasteiger partial charge in [0.1, 0.15) is 5.75 Å². The van der Waals surface area contributed by atoms with Crippen LogP contribution in [-0.4, -0.2) is 38.2 Å². The minimum Gasteiger partial charge on any atom is -0.493 e. The summed E-state index contributed by atoms with van der Waals surface area (Å²) in [5.74, 6) is 0.339. The van der Waals surface area contributed by atoms with Crippen LogP contribution in [0.3, 0.4) is 0 Å². The summed E-state index contributed by atoms with van der Waals surface area (Å²) >= 11 is 0. The monoisotopic (exact) mass is 292 g/mol. The first kappa shape index (κ1) is 15.3. The molecule has 1 amide bonds. The number of methoxy groups -OCH3 is 1. The highest BCUT2D eigenvalue weighted by Gasteiger charge is 2.21. The van der Waals surface area contributed by atoms with Crippen molar-refractivity contribution in [1.29, 1.82) is 0 Å². The first-order chi connectivity index (χ1) is 10.2. The summed E-state index contributed by atoms with van der Waals surface area (Å²) in [5, 5.41) is 6.01. The number of hydrogen-bond donors (Lipinski definition) is 2. The lowest BCUT2D eigenvalue weighted by molar-refractivity contribution is -0.141. The number of nitrogens with one attached hydrogen (secondary N) is 2. The number of esters is 1. The minimum absolute atomic E-state index is 0.00754. The average Bonchev–Trinajstić information content (AvgIpc) is 3.03. The van der Waals surface area contributed by atoms with Gasteiger partial charge < -0.3 is 20.1 Å². The molecule has 0 saturated carbocycles. The molecule has 2 N–H and O–H groups in total. The van der Waals surface area contributed by atoms with Crippen LogP contribution in [0.1, 0.15) is 19.3 Å². The molecule has 114 valence electrons. The van der Waals surface area contributed by atoms with Gasteiger partial charge in [-0.15, -0.1) is 0 Å². The Bertz CT molecular complexity index is 481. The van der Waals surface area contributed by atoms with Gasteiger partial charge in [-0.2, -0.15) is 0 Å². The molecule has 21 heavy (non-hydrogen) atoms. The van der Waals surface area contributed by atoms with Gasteiger partial charge in [0.2, 0.25) is 5.91 Å². The maximum absolute atomic E-state index is 11.9. The van der Waals surface area contributed by atoms with Crippen LogP contribution in [0, 0.1) is 0 Å². The number of rotatable bonds is 6. The highest BCUT2D eigenvalue weighted by atomic mass is 16.5. The molecule has 0 bridgehead atoms. The van der Waals surface area contributed by atoms with Crippen LogP contribution in [0.5, 0.6) is 5.75 Å². The average molecular weight is 292 g/mol. The van der Waals surface area contributed by atoms with E-state index in [1.807, 2.05) is 0 Å². The van der Waals surface area contributed by atoms with Gasteiger partial charge >= 0.3 is 5.97 Å². The summed E-state index contributed by atoms with van der Waals surface area (Å²) in [5.41, 5.74) is 0.731. The van der Waals surface area contributed by atoms with Gasteiger partial charge in [-0.25, -0.2) is 0 Å². The van der Waals surface area contributed by atoms with E-state index in [-0.39, 0.29) is 30.9 Å². The molecule has 0 radical (unpaired) electrons. The molecule has 1 saturated heterocycles. The molecule has 1 aliphatic heterocycles. The Morgan fingerprint density at radius 2 is 2.10 bits per heavy atom. The largest absolute Gasteiger partial charge is 0.493 e. The second-order valence-corrected chi connectivity index (χ2v) is 4.84.